The Hall–Kier alpha value is -0.903. The fourth-order valence-corrected chi connectivity index (χ4v) is 2.69. The summed E-state index contributed by atoms with van der Waals surface area (Å²) in [6.07, 6.45) is 6.35. The summed E-state index contributed by atoms with van der Waals surface area (Å²) in [6, 6.07) is 8.44. The number of benzene rings is 1. The largest absolute Gasteiger partial charge is 0.357 e. The molecule has 20 heavy (non-hydrogen) atoms. The van der Waals surface area contributed by atoms with Crippen molar-refractivity contribution in [3.05, 3.63) is 36.4 Å². The van der Waals surface area contributed by atoms with E-state index in [2.05, 4.69) is 44.7 Å². The van der Waals surface area contributed by atoms with Crippen LogP contribution in [-0.2, 0) is 9.47 Å². The van der Waals surface area contributed by atoms with E-state index in [1.165, 1.54) is 5.19 Å². The minimum atomic E-state index is -0.0947. The van der Waals surface area contributed by atoms with Crippen molar-refractivity contribution in [2.24, 2.45) is 0 Å². The lowest BCUT2D eigenvalue weighted by Gasteiger charge is -2.18. The van der Waals surface area contributed by atoms with Crippen LogP contribution in [0.2, 0.25) is 0 Å². The molecule has 0 saturated heterocycles. The Morgan fingerprint density at radius 2 is 1.60 bits per heavy atom. The number of hydrogen-bond acceptors (Lipinski definition) is 2. The van der Waals surface area contributed by atoms with Crippen LogP contribution in [-0.4, -0.2) is 28.6 Å². The Morgan fingerprint density at radius 1 is 1.05 bits per heavy atom. The molecular weight excluding hydrogens is 264 g/mol. The Balaban J connectivity index is 2.49. The molecule has 0 amide bonds. The third-order valence-electron chi connectivity index (χ3n) is 2.97. The summed E-state index contributed by atoms with van der Waals surface area (Å²) in [5.74, 6) is -0.0947. The zero-order chi connectivity index (χ0) is 14.6. The number of rotatable bonds is 11. The Morgan fingerprint density at radius 3 is 2.05 bits per heavy atom. The molecule has 0 aliphatic heterocycles. The summed E-state index contributed by atoms with van der Waals surface area (Å²) in [4.78, 5) is 0. The Kier molecular flexibility index (Phi) is 9.29. The monoisotopic (exact) mass is 290 g/mol. The summed E-state index contributed by atoms with van der Waals surface area (Å²) in [5, 5.41) is 1.27. The fraction of sp³-hybridized carbons (Fsp3) is 0.529. The molecule has 1 aromatic carbocycles. The van der Waals surface area contributed by atoms with Crippen LogP contribution in [0.25, 0.3) is 6.08 Å². The van der Waals surface area contributed by atoms with Crippen molar-refractivity contribution >= 4 is 20.8 Å². The Bertz CT molecular complexity index is 352. The minimum absolute atomic E-state index is 0.0947. The summed E-state index contributed by atoms with van der Waals surface area (Å²) in [7, 11) is 0.537. The number of hydrogen-bond donors (Lipinski definition) is 0. The second-order valence-corrected chi connectivity index (χ2v) is 6.09. The molecular formula is C17H26O2Si. The average molecular weight is 290 g/mol. The average Bonchev–Trinajstić information content (AvgIpc) is 2.48. The van der Waals surface area contributed by atoms with Gasteiger partial charge >= 0.3 is 0 Å². The lowest BCUT2D eigenvalue weighted by Crippen LogP contribution is -2.33. The lowest BCUT2D eigenvalue weighted by atomic mass is 10.2. The van der Waals surface area contributed by atoms with Crippen LogP contribution in [0.5, 0.6) is 0 Å². The third kappa shape index (κ3) is 7.03. The van der Waals surface area contributed by atoms with Crippen LogP contribution in [0, 0.1) is 0 Å². The van der Waals surface area contributed by atoms with E-state index in [1.54, 1.807) is 0 Å². The van der Waals surface area contributed by atoms with Gasteiger partial charge in [-0.25, -0.2) is 0 Å². The highest BCUT2D eigenvalue weighted by Crippen LogP contribution is 2.02. The van der Waals surface area contributed by atoms with Gasteiger partial charge in [0.2, 0.25) is 0 Å². The van der Waals surface area contributed by atoms with Crippen molar-refractivity contribution in [1.29, 1.82) is 0 Å². The second kappa shape index (κ2) is 10.8. The predicted octanol–water partition coefficient (Wildman–Crippen LogP) is 3.58. The van der Waals surface area contributed by atoms with E-state index in [0.717, 1.165) is 44.5 Å². The molecule has 0 unspecified atom stereocenters. The van der Waals surface area contributed by atoms with Gasteiger partial charge in [0.25, 0.3) is 0 Å². The van der Waals surface area contributed by atoms with Gasteiger partial charge in [0.15, 0.2) is 9.52 Å². The number of unbranched alkanes of at least 4 members (excludes halogenated alkanes) is 2. The minimum Gasteiger partial charge on any atom is -0.357 e. The van der Waals surface area contributed by atoms with Crippen LogP contribution >= 0.6 is 0 Å². The first kappa shape index (κ1) is 17.1. The van der Waals surface area contributed by atoms with Gasteiger partial charge < -0.3 is 9.47 Å². The van der Waals surface area contributed by atoms with Crippen molar-refractivity contribution in [3.63, 3.8) is 0 Å². The molecule has 2 nitrogen and oxygen atoms in total. The molecule has 0 atom stereocenters. The van der Waals surface area contributed by atoms with Gasteiger partial charge in [-0.2, -0.15) is 0 Å². The third-order valence-corrected chi connectivity index (χ3v) is 4.20. The summed E-state index contributed by atoms with van der Waals surface area (Å²) >= 11 is 0. The molecule has 0 N–H and O–H groups in total. The normalized spacial score (nSPS) is 10.9. The molecule has 1 aromatic rings. The Labute approximate surface area is 126 Å². The number of ether oxygens (including phenoxy) is 2. The lowest BCUT2D eigenvalue weighted by molar-refractivity contribution is -0.0910. The van der Waals surface area contributed by atoms with Gasteiger partial charge in [0, 0.05) is 13.2 Å². The summed E-state index contributed by atoms with van der Waals surface area (Å²) in [5.41, 5.74) is 1.15. The van der Waals surface area contributed by atoms with E-state index in [9.17, 15) is 0 Å². The van der Waals surface area contributed by atoms with Crippen LogP contribution in [0.4, 0.5) is 0 Å². The molecule has 2 radical (unpaired) electrons. The molecule has 0 aliphatic rings. The highest BCUT2D eigenvalue weighted by Gasteiger charge is 2.12. The van der Waals surface area contributed by atoms with Gasteiger partial charge in [-0.1, -0.05) is 68.8 Å². The molecule has 0 aromatic heterocycles. The summed E-state index contributed by atoms with van der Waals surface area (Å²) < 4.78 is 11.7. The van der Waals surface area contributed by atoms with E-state index in [1.807, 2.05) is 6.08 Å². The van der Waals surface area contributed by atoms with Crippen LogP contribution in [0.3, 0.4) is 0 Å². The maximum atomic E-state index is 5.86. The van der Waals surface area contributed by atoms with Crippen molar-refractivity contribution in [3.8, 4) is 0 Å². The first-order valence-corrected chi connectivity index (χ1v) is 8.60. The topological polar surface area (TPSA) is 18.5 Å². The summed E-state index contributed by atoms with van der Waals surface area (Å²) in [6.45, 7) is 9.69. The maximum Gasteiger partial charge on any atom is 0.157 e. The molecule has 1 rings (SSSR count). The molecule has 0 saturated carbocycles. The zero-order valence-electron chi connectivity index (χ0n) is 12.7. The first-order valence-electron chi connectivity index (χ1n) is 7.52. The molecule has 0 heterocycles. The van der Waals surface area contributed by atoms with Crippen LogP contribution in [0.1, 0.15) is 45.1 Å². The van der Waals surface area contributed by atoms with Crippen LogP contribution < -0.4 is 5.19 Å². The van der Waals surface area contributed by atoms with E-state index < -0.39 is 0 Å². The standard InChI is InChI=1S/C17H26O2Si/c1-4-7-13-18-17(19-14-8-5-2)20-16-11-9-15(6-3)10-12-16/h6,9-12,17H,3-5,7-8,13-14H2,1-2H3. The highest BCUT2D eigenvalue weighted by atomic mass is 28.2. The highest BCUT2D eigenvalue weighted by molar-refractivity contribution is 6.54. The SMILES string of the molecule is C=Cc1ccc([Si]C(OCCCC)OCCCC)cc1. The molecule has 3 heteroatoms. The molecule has 0 bridgehead atoms. The van der Waals surface area contributed by atoms with Crippen molar-refractivity contribution in [2.75, 3.05) is 13.2 Å². The van der Waals surface area contributed by atoms with E-state index in [4.69, 9.17) is 9.47 Å². The van der Waals surface area contributed by atoms with Crippen molar-refractivity contribution < 1.29 is 9.47 Å². The van der Waals surface area contributed by atoms with Crippen molar-refractivity contribution in [2.45, 2.75) is 45.4 Å². The van der Waals surface area contributed by atoms with Crippen LogP contribution in [0.15, 0.2) is 30.8 Å². The van der Waals surface area contributed by atoms with Gasteiger partial charge in [-0.15, -0.1) is 0 Å². The van der Waals surface area contributed by atoms with E-state index >= 15 is 0 Å². The zero-order valence-corrected chi connectivity index (χ0v) is 13.7. The van der Waals surface area contributed by atoms with Gasteiger partial charge in [-0.3, -0.25) is 0 Å². The smallest absolute Gasteiger partial charge is 0.157 e. The van der Waals surface area contributed by atoms with E-state index in [-0.39, 0.29) is 5.91 Å². The second-order valence-electron chi connectivity index (χ2n) is 4.75. The van der Waals surface area contributed by atoms with E-state index in [0.29, 0.717) is 9.52 Å². The molecule has 0 aliphatic carbocycles. The van der Waals surface area contributed by atoms with Gasteiger partial charge in [0.1, 0.15) is 5.91 Å². The predicted molar refractivity (Wildman–Crippen MR) is 87.4 cm³/mol. The fourth-order valence-electron chi connectivity index (χ4n) is 1.65. The quantitative estimate of drug-likeness (QED) is 0.352. The first-order chi connectivity index (χ1) is 9.80. The molecule has 110 valence electrons. The maximum absolute atomic E-state index is 5.86. The van der Waals surface area contributed by atoms with Gasteiger partial charge in [-0.05, 0) is 18.4 Å². The van der Waals surface area contributed by atoms with Gasteiger partial charge in [0.05, 0.1) is 0 Å². The molecule has 0 spiro atoms. The van der Waals surface area contributed by atoms with Crippen molar-refractivity contribution in [1.82, 2.24) is 0 Å². The molecule has 0 fully saturated rings.